The Morgan fingerprint density at radius 3 is 2.89 bits per heavy atom. The van der Waals surface area contributed by atoms with E-state index in [1.54, 1.807) is 18.2 Å². The monoisotopic (exact) mass is 304 g/mol. The molecule has 0 bridgehead atoms. The number of anilines is 1. The standard InChI is InChI=1S/C12H17ClN2O3S/c1-18-12-7-9(4-5-11(12)13)15-19(16,17)10-3-2-6-14-8-10/h4-5,7,10,14-15H,2-3,6,8H2,1H3. The summed E-state index contributed by atoms with van der Waals surface area (Å²) in [5, 5.41) is 3.14. The predicted octanol–water partition coefficient (Wildman–Crippen LogP) is 1.84. The van der Waals surface area contributed by atoms with Gasteiger partial charge in [-0.2, -0.15) is 0 Å². The van der Waals surface area contributed by atoms with E-state index >= 15 is 0 Å². The van der Waals surface area contributed by atoms with E-state index in [0.717, 1.165) is 13.0 Å². The molecule has 7 heteroatoms. The molecule has 0 aromatic heterocycles. The molecule has 1 aliphatic rings. The van der Waals surface area contributed by atoms with Crippen molar-refractivity contribution in [2.45, 2.75) is 18.1 Å². The van der Waals surface area contributed by atoms with Crippen molar-refractivity contribution in [2.24, 2.45) is 0 Å². The van der Waals surface area contributed by atoms with Crippen molar-refractivity contribution >= 4 is 27.3 Å². The van der Waals surface area contributed by atoms with Gasteiger partial charge in [-0.15, -0.1) is 0 Å². The maximum Gasteiger partial charge on any atom is 0.236 e. The first-order valence-corrected chi connectivity index (χ1v) is 8.01. The zero-order valence-corrected chi connectivity index (χ0v) is 12.2. The summed E-state index contributed by atoms with van der Waals surface area (Å²) in [7, 11) is -1.89. The molecule has 1 atom stereocenters. The fraction of sp³-hybridized carbons (Fsp3) is 0.500. The van der Waals surface area contributed by atoms with Gasteiger partial charge in [0.25, 0.3) is 0 Å². The lowest BCUT2D eigenvalue weighted by atomic mass is 10.2. The molecule has 0 saturated carbocycles. The van der Waals surface area contributed by atoms with Crippen LogP contribution in [-0.2, 0) is 10.0 Å². The third-order valence-electron chi connectivity index (χ3n) is 3.10. The first-order chi connectivity index (χ1) is 9.03. The van der Waals surface area contributed by atoms with Crippen LogP contribution in [0, 0.1) is 0 Å². The van der Waals surface area contributed by atoms with E-state index in [9.17, 15) is 8.42 Å². The van der Waals surface area contributed by atoms with Gasteiger partial charge in [0.2, 0.25) is 10.0 Å². The number of rotatable bonds is 4. The van der Waals surface area contributed by atoms with Crippen LogP contribution in [0.5, 0.6) is 5.75 Å². The Labute approximate surface area is 118 Å². The van der Waals surface area contributed by atoms with Crippen LogP contribution in [0.1, 0.15) is 12.8 Å². The van der Waals surface area contributed by atoms with E-state index < -0.39 is 15.3 Å². The lowest BCUT2D eigenvalue weighted by Gasteiger charge is -2.23. The molecule has 2 N–H and O–H groups in total. The number of hydrogen-bond donors (Lipinski definition) is 2. The van der Waals surface area contributed by atoms with E-state index in [0.29, 0.717) is 29.4 Å². The van der Waals surface area contributed by atoms with E-state index in [4.69, 9.17) is 16.3 Å². The van der Waals surface area contributed by atoms with Crippen LogP contribution in [0.15, 0.2) is 18.2 Å². The van der Waals surface area contributed by atoms with Crippen LogP contribution < -0.4 is 14.8 Å². The Morgan fingerprint density at radius 2 is 2.26 bits per heavy atom. The summed E-state index contributed by atoms with van der Waals surface area (Å²) in [5.74, 6) is 0.448. The molecule has 0 spiro atoms. The molecule has 2 rings (SSSR count). The first kappa shape index (κ1) is 14.4. The highest BCUT2D eigenvalue weighted by Gasteiger charge is 2.27. The van der Waals surface area contributed by atoms with Gasteiger partial charge in [0.05, 0.1) is 23.1 Å². The SMILES string of the molecule is COc1cc(NS(=O)(=O)C2CCCNC2)ccc1Cl. The van der Waals surface area contributed by atoms with E-state index in [2.05, 4.69) is 10.0 Å². The van der Waals surface area contributed by atoms with Gasteiger partial charge in [-0.3, -0.25) is 4.72 Å². The van der Waals surface area contributed by atoms with Crippen LogP contribution in [0.2, 0.25) is 5.02 Å². The molecule has 1 unspecified atom stereocenters. The Bertz CT molecular complexity index is 542. The minimum Gasteiger partial charge on any atom is -0.495 e. The zero-order valence-electron chi connectivity index (χ0n) is 10.6. The van der Waals surface area contributed by atoms with Crippen molar-refractivity contribution in [1.82, 2.24) is 5.32 Å². The summed E-state index contributed by atoms with van der Waals surface area (Å²) in [6.07, 6.45) is 1.54. The Kier molecular flexibility index (Phi) is 4.54. The summed E-state index contributed by atoms with van der Waals surface area (Å²) in [6.45, 7) is 1.36. The van der Waals surface area contributed by atoms with Crippen molar-refractivity contribution in [3.63, 3.8) is 0 Å². The molecule has 0 aliphatic carbocycles. The van der Waals surface area contributed by atoms with Crippen LogP contribution in [0.25, 0.3) is 0 Å². The van der Waals surface area contributed by atoms with Crippen molar-refractivity contribution in [3.8, 4) is 5.75 Å². The third kappa shape index (κ3) is 3.52. The number of benzene rings is 1. The molecule has 1 aromatic carbocycles. The smallest absolute Gasteiger partial charge is 0.236 e. The minimum absolute atomic E-state index is 0.400. The molecule has 1 aromatic rings. The summed E-state index contributed by atoms with van der Waals surface area (Å²) in [6, 6.07) is 4.81. The summed E-state index contributed by atoms with van der Waals surface area (Å²) >= 11 is 5.90. The van der Waals surface area contributed by atoms with Crippen molar-refractivity contribution in [3.05, 3.63) is 23.2 Å². The van der Waals surface area contributed by atoms with Gasteiger partial charge in [-0.1, -0.05) is 11.6 Å². The van der Waals surface area contributed by atoms with Gasteiger partial charge in [-0.25, -0.2) is 8.42 Å². The van der Waals surface area contributed by atoms with Gasteiger partial charge in [0.15, 0.2) is 0 Å². The maximum atomic E-state index is 12.2. The Balaban J connectivity index is 2.15. The predicted molar refractivity (Wildman–Crippen MR) is 76.4 cm³/mol. The van der Waals surface area contributed by atoms with Crippen molar-refractivity contribution in [2.75, 3.05) is 24.9 Å². The Hall–Kier alpha value is -0.980. The highest BCUT2D eigenvalue weighted by molar-refractivity contribution is 7.93. The number of halogens is 1. The molecule has 0 radical (unpaired) electrons. The van der Waals surface area contributed by atoms with Gasteiger partial charge >= 0.3 is 0 Å². The molecule has 19 heavy (non-hydrogen) atoms. The molecule has 1 saturated heterocycles. The highest BCUT2D eigenvalue weighted by atomic mass is 35.5. The molecule has 1 aliphatic heterocycles. The van der Waals surface area contributed by atoms with Crippen LogP contribution >= 0.6 is 11.6 Å². The summed E-state index contributed by atoms with van der Waals surface area (Å²) in [5.41, 5.74) is 0.465. The van der Waals surface area contributed by atoms with Gasteiger partial charge in [0, 0.05) is 12.6 Å². The Morgan fingerprint density at radius 1 is 1.47 bits per heavy atom. The van der Waals surface area contributed by atoms with E-state index in [-0.39, 0.29) is 0 Å². The number of sulfonamides is 1. The number of piperidine rings is 1. The molecule has 0 amide bonds. The number of hydrogen-bond acceptors (Lipinski definition) is 4. The maximum absolute atomic E-state index is 12.2. The zero-order chi connectivity index (χ0) is 13.9. The molecular formula is C12H17ClN2O3S. The lowest BCUT2D eigenvalue weighted by Crippen LogP contribution is -2.41. The minimum atomic E-state index is -3.39. The molecule has 1 fully saturated rings. The first-order valence-electron chi connectivity index (χ1n) is 6.09. The molecule has 1 heterocycles. The largest absolute Gasteiger partial charge is 0.495 e. The number of methoxy groups -OCH3 is 1. The quantitative estimate of drug-likeness (QED) is 0.891. The van der Waals surface area contributed by atoms with E-state index in [1.165, 1.54) is 7.11 Å². The van der Waals surface area contributed by atoms with E-state index in [1.807, 2.05) is 0 Å². The number of nitrogens with one attached hydrogen (secondary N) is 2. The molecular weight excluding hydrogens is 288 g/mol. The second-order valence-corrected chi connectivity index (χ2v) is 6.83. The van der Waals surface area contributed by atoms with Crippen molar-refractivity contribution < 1.29 is 13.2 Å². The summed E-state index contributed by atoms with van der Waals surface area (Å²) < 4.78 is 32.1. The van der Waals surface area contributed by atoms with Gasteiger partial charge in [0.1, 0.15) is 5.75 Å². The second-order valence-electron chi connectivity index (χ2n) is 4.46. The lowest BCUT2D eigenvalue weighted by molar-refractivity contribution is 0.415. The second kappa shape index (κ2) is 5.98. The van der Waals surface area contributed by atoms with Crippen LogP contribution in [0.3, 0.4) is 0 Å². The van der Waals surface area contributed by atoms with Crippen LogP contribution in [0.4, 0.5) is 5.69 Å². The topological polar surface area (TPSA) is 67.4 Å². The average molecular weight is 305 g/mol. The van der Waals surface area contributed by atoms with Crippen molar-refractivity contribution in [1.29, 1.82) is 0 Å². The number of ether oxygens (including phenoxy) is 1. The highest BCUT2D eigenvalue weighted by Crippen LogP contribution is 2.28. The molecule has 106 valence electrons. The van der Waals surface area contributed by atoms with Gasteiger partial charge < -0.3 is 10.1 Å². The average Bonchev–Trinajstić information content (AvgIpc) is 2.42. The molecule has 5 nitrogen and oxygen atoms in total. The normalized spacial score (nSPS) is 20.0. The van der Waals surface area contributed by atoms with Gasteiger partial charge in [-0.05, 0) is 31.5 Å². The fourth-order valence-corrected chi connectivity index (χ4v) is 3.69. The fourth-order valence-electron chi connectivity index (χ4n) is 2.06. The summed E-state index contributed by atoms with van der Waals surface area (Å²) in [4.78, 5) is 0. The third-order valence-corrected chi connectivity index (χ3v) is 5.21. The van der Waals surface area contributed by atoms with Crippen LogP contribution in [-0.4, -0.2) is 33.9 Å².